The van der Waals surface area contributed by atoms with E-state index >= 15 is 0 Å². The first-order valence-corrected chi connectivity index (χ1v) is 7.14. The van der Waals surface area contributed by atoms with Crippen LogP contribution >= 0.6 is 0 Å². The highest BCUT2D eigenvalue weighted by Gasteiger charge is 2.26. The first kappa shape index (κ1) is 16.4. The number of aliphatic hydroxyl groups is 1. The molecule has 20 heavy (non-hydrogen) atoms. The third-order valence-electron chi connectivity index (χ3n) is 3.26. The second-order valence-corrected chi connectivity index (χ2v) is 4.50. The van der Waals surface area contributed by atoms with Gasteiger partial charge in [0.05, 0.1) is 18.8 Å². The van der Waals surface area contributed by atoms with Gasteiger partial charge in [-0.15, -0.1) is 0 Å². The summed E-state index contributed by atoms with van der Waals surface area (Å²) < 4.78 is 5.34. The van der Waals surface area contributed by atoms with Gasteiger partial charge in [-0.05, 0) is 26.7 Å². The Morgan fingerprint density at radius 2 is 1.70 bits per heavy atom. The summed E-state index contributed by atoms with van der Waals surface area (Å²) in [5.74, 6) is 0.879. The predicted molar refractivity (Wildman–Crippen MR) is 79.2 cm³/mol. The molecule has 114 valence electrons. The van der Waals surface area contributed by atoms with E-state index < -0.39 is 5.54 Å². The van der Waals surface area contributed by atoms with E-state index in [0.29, 0.717) is 25.0 Å². The van der Waals surface area contributed by atoms with E-state index in [1.165, 1.54) is 0 Å². The van der Waals surface area contributed by atoms with E-state index in [9.17, 15) is 5.11 Å². The summed E-state index contributed by atoms with van der Waals surface area (Å²) in [5, 5.41) is 15.9. The molecule has 0 spiro atoms. The van der Waals surface area contributed by atoms with Crippen molar-refractivity contribution in [3.63, 3.8) is 0 Å². The van der Waals surface area contributed by atoms with Crippen molar-refractivity contribution >= 4 is 11.9 Å². The SMILES string of the molecule is CCNc1nc(NC(CC)(CC)CO)nc(OCC)n1. The lowest BCUT2D eigenvalue weighted by molar-refractivity contribution is 0.201. The quantitative estimate of drug-likeness (QED) is 0.634. The first-order chi connectivity index (χ1) is 9.62. The molecule has 0 aliphatic rings. The van der Waals surface area contributed by atoms with Crippen molar-refractivity contribution in [2.45, 2.75) is 46.1 Å². The molecule has 7 heteroatoms. The molecule has 0 atom stereocenters. The number of hydrogen-bond donors (Lipinski definition) is 3. The van der Waals surface area contributed by atoms with Crippen molar-refractivity contribution in [3.8, 4) is 6.01 Å². The molecule has 0 fully saturated rings. The van der Waals surface area contributed by atoms with Crippen molar-refractivity contribution in [2.24, 2.45) is 0 Å². The fourth-order valence-corrected chi connectivity index (χ4v) is 1.77. The second-order valence-electron chi connectivity index (χ2n) is 4.50. The Morgan fingerprint density at radius 3 is 2.20 bits per heavy atom. The average Bonchev–Trinajstić information content (AvgIpc) is 2.45. The van der Waals surface area contributed by atoms with Crippen molar-refractivity contribution in [2.75, 3.05) is 30.4 Å². The van der Waals surface area contributed by atoms with Crippen molar-refractivity contribution in [1.29, 1.82) is 0 Å². The van der Waals surface area contributed by atoms with Gasteiger partial charge in [0.15, 0.2) is 0 Å². The van der Waals surface area contributed by atoms with Gasteiger partial charge in [0.1, 0.15) is 0 Å². The zero-order chi connectivity index (χ0) is 15.0. The molecule has 0 aliphatic carbocycles. The van der Waals surface area contributed by atoms with Gasteiger partial charge in [0, 0.05) is 6.54 Å². The van der Waals surface area contributed by atoms with Crippen LogP contribution in [0.2, 0.25) is 0 Å². The maximum atomic E-state index is 9.60. The van der Waals surface area contributed by atoms with Crippen molar-refractivity contribution in [3.05, 3.63) is 0 Å². The van der Waals surface area contributed by atoms with E-state index in [1.807, 2.05) is 27.7 Å². The third kappa shape index (κ3) is 4.19. The fourth-order valence-electron chi connectivity index (χ4n) is 1.77. The molecule has 1 heterocycles. The smallest absolute Gasteiger partial charge is 0.323 e. The van der Waals surface area contributed by atoms with Crippen LogP contribution in [-0.2, 0) is 0 Å². The second kappa shape index (κ2) is 7.84. The lowest BCUT2D eigenvalue weighted by Gasteiger charge is -2.30. The van der Waals surface area contributed by atoms with Crippen LogP contribution in [0.5, 0.6) is 6.01 Å². The summed E-state index contributed by atoms with van der Waals surface area (Å²) in [6, 6.07) is 0.278. The van der Waals surface area contributed by atoms with Gasteiger partial charge in [0.2, 0.25) is 11.9 Å². The number of aliphatic hydroxyl groups excluding tert-OH is 1. The highest BCUT2D eigenvalue weighted by molar-refractivity contribution is 5.38. The number of nitrogens with one attached hydrogen (secondary N) is 2. The molecular weight excluding hydrogens is 258 g/mol. The topological polar surface area (TPSA) is 92.2 Å². The molecule has 1 aromatic heterocycles. The van der Waals surface area contributed by atoms with Crippen LogP contribution in [0.15, 0.2) is 0 Å². The van der Waals surface area contributed by atoms with Crippen LogP contribution in [0.4, 0.5) is 11.9 Å². The highest BCUT2D eigenvalue weighted by Crippen LogP contribution is 2.21. The van der Waals surface area contributed by atoms with Crippen LogP contribution in [0.1, 0.15) is 40.5 Å². The Labute approximate surface area is 120 Å². The normalized spacial score (nSPS) is 11.2. The minimum Gasteiger partial charge on any atom is -0.464 e. The van der Waals surface area contributed by atoms with Crippen molar-refractivity contribution in [1.82, 2.24) is 15.0 Å². The zero-order valence-electron chi connectivity index (χ0n) is 12.7. The van der Waals surface area contributed by atoms with Gasteiger partial charge in [-0.1, -0.05) is 13.8 Å². The predicted octanol–water partition coefficient (Wildman–Crippen LogP) is 1.67. The van der Waals surface area contributed by atoms with Gasteiger partial charge in [0.25, 0.3) is 0 Å². The summed E-state index contributed by atoms with van der Waals surface area (Å²) in [5.41, 5.74) is -0.422. The van der Waals surface area contributed by atoms with Gasteiger partial charge in [-0.2, -0.15) is 15.0 Å². The summed E-state index contributed by atoms with van der Waals surface area (Å²) >= 11 is 0. The minimum absolute atomic E-state index is 0.0200. The Kier molecular flexibility index (Phi) is 6.44. The van der Waals surface area contributed by atoms with Crippen LogP contribution in [-0.4, -0.2) is 45.4 Å². The van der Waals surface area contributed by atoms with Gasteiger partial charge in [-0.3, -0.25) is 0 Å². The molecule has 0 unspecified atom stereocenters. The molecule has 7 nitrogen and oxygen atoms in total. The summed E-state index contributed by atoms with van der Waals surface area (Å²) in [6.45, 7) is 9.09. The van der Waals surface area contributed by atoms with E-state index in [2.05, 4.69) is 25.6 Å². The third-order valence-corrected chi connectivity index (χ3v) is 3.26. The maximum absolute atomic E-state index is 9.60. The van der Waals surface area contributed by atoms with Crippen LogP contribution in [0.3, 0.4) is 0 Å². The van der Waals surface area contributed by atoms with Crippen LogP contribution < -0.4 is 15.4 Å². The molecule has 0 saturated carbocycles. The Bertz CT molecular complexity index is 377. The number of hydrogen-bond acceptors (Lipinski definition) is 7. The summed E-state index contributed by atoms with van der Waals surface area (Å²) in [4.78, 5) is 12.7. The van der Waals surface area contributed by atoms with E-state index in [4.69, 9.17) is 4.74 Å². The van der Waals surface area contributed by atoms with Gasteiger partial charge < -0.3 is 20.5 Å². The molecule has 1 rings (SSSR count). The molecule has 0 bridgehead atoms. The Morgan fingerprint density at radius 1 is 1.05 bits per heavy atom. The van der Waals surface area contributed by atoms with Crippen LogP contribution in [0, 0.1) is 0 Å². The van der Waals surface area contributed by atoms with Gasteiger partial charge >= 0.3 is 6.01 Å². The number of rotatable bonds is 9. The first-order valence-electron chi connectivity index (χ1n) is 7.14. The summed E-state index contributed by atoms with van der Waals surface area (Å²) in [6.07, 6.45) is 1.54. The Balaban J connectivity index is 3.02. The maximum Gasteiger partial charge on any atom is 0.323 e. The fraction of sp³-hybridized carbons (Fsp3) is 0.769. The lowest BCUT2D eigenvalue weighted by atomic mass is 9.94. The Hall–Kier alpha value is -1.63. The van der Waals surface area contributed by atoms with E-state index in [1.54, 1.807) is 0 Å². The zero-order valence-corrected chi connectivity index (χ0v) is 12.7. The molecule has 0 aromatic carbocycles. The molecule has 0 saturated heterocycles. The molecule has 0 aliphatic heterocycles. The van der Waals surface area contributed by atoms with Gasteiger partial charge in [-0.25, -0.2) is 0 Å². The lowest BCUT2D eigenvalue weighted by Crippen LogP contribution is -2.41. The summed E-state index contributed by atoms with van der Waals surface area (Å²) in [7, 11) is 0. The number of ether oxygens (including phenoxy) is 1. The number of aromatic nitrogens is 3. The molecule has 0 amide bonds. The standard InChI is InChI=1S/C13H25N5O2/c1-5-13(6-2,9-19)18-11-15-10(14-7-3)16-12(17-11)20-8-4/h19H,5-9H2,1-4H3,(H2,14,15,16,17,18). The minimum atomic E-state index is -0.422. The van der Waals surface area contributed by atoms with Crippen LogP contribution in [0.25, 0.3) is 0 Å². The molecule has 0 radical (unpaired) electrons. The number of anilines is 2. The highest BCUT2D eigenvalue weighted by atomic mass is 16.5. The molecule has 3 N–H and O–H groups in total. The van der Waals surface area contributed by atoms with E-state index in [-0.39, 0.29) is 12.6 Å². The monoisotopic (exact) mass is 283 g/mol. The molecule has 1 aromatic rings. The number of nitrogens with zero attached hydrogens (tertiary/aromatic N) is 3. The average molecular weight is 283 g/mol. The van der Waals surface area contributed by atoms with E-state index in [0.717, 1.165) is 12.8 Å². The molecular formula is C13H25N5O2. The largest absolute Gasteiger partial charge is 0.464 e. The van der Waals surface area contributed by atoms with Crippen molar-refractivity contribution < 1.29 is 9.84 Å².